The molecule has 0 bridgehead atoms. The van der Waals surface area contributed by atoms with E-state index in [1.165, 1.54) is 7.11 Å². The van der Waals surface area contributed by atoms with Crippen molar-refractivity contribution >= 4 is 18.1 Å². The Bertz CT molecular complexity index is 455. The lowest BCUT2D eigenvalue weighted by atomic mass is 9.80. The molecule has 2 rings (SSSR count). The second-order valence-electron chi connectivity index (χ2n) is 2.90. The number of rotatable bonds is 2. The third-order valence-electron chi connectivity index (χ3n) is 2.04. The van der Waals surface area contributed by atoms with Crippen LogP contribution in [0.3, 0.4) is 0 Å². The number of ether oxygens (including phenoxy) is 1. The molecule has 0 aliphatic carbocycles. The molecule has 0 aliphatic rings. The van der Waals surface area contributed by atoms with Gasteiger partial charge in [-0.05, 0) is 6.07 Å². The fourth-order valence-corrected chi connectivity index (χ4v) is 1.34. The molecule has 0 unspecified atom stereocenters. The maximum absolute atomic E-state index is 9.08. The Morgan fingerprint density at radius 3 is 2.93 bits per heavy atom. The number of fused-ring (bicyclic) bond motifs is 1. The van der Waals surface area contributed by atoms with Gasteiger partial charge in [-0.15, -0.1) is 0 Å². The molecule has 0 saturated carbocycles. The van der Waals surface area contributed by atoms with Crippen LogP contribution in [0, 0.1) is 0 Å². The molecule has 0 fully saturated rings. The number of nitrogens with zero attached hydrogens (tertiary/aromatic N) is 2. The van der Waals surface area contributed by atoms with Crippen LogP contribution >= 0.6 is 0 Å². The number of hydrogen-bond acceptors (Lipinski definition) is 4. The molecule has 6 heteroatoms. The number of aromatic nitrogens is 2. The van der Waals surface area contributed by atoms with Crippen molar-refractivity contribution in [2.24, 2.45) is 0 Å². The van der Waals surface area contributed by atoms with Crippen molar-refractivity contribution in [3.05, 3.63) is 24.8 Å². The molecule has 0 saturated heterocycles. The van der Waals surface area contributed by atoms with Crippen molar-refractivity contribution in [1.82, 2.24) is 9.38 Å². The van der Waals surface area contributed by atoms with Crippen molar-refractivity contribution in [2.75, 3.05) is 7.11 Å². The van der Waals surface area contributed by atoms with Crippen LogP contribution in [-0.2, 0) is 0 Å². The highest BCUT2D eigenvalue weighted by Gasteiger charge is 2.17. The average Bonchev–Trinajstić information content (AvgIpc) is 2.62. The van der Waals surface area contributed by atoms with E-state index in [9.17, 15) is 0 Å². The molecule has 0 spiro atoms. The molecule has 2 aromatic rings. The normalized spacial score (nSPS) is 10.5. The molecule has 0 amide bonds. The Morgan fingerprint density at radius 1 is 1.50 bits per heavy atom. The first-order chi connectivity index (χ1) is 6.72. The zero-order valence-corrected chi connectivity index (χ0v) is 7.58. The minimum absolute atomic E-state index is 0.334. The molecule has 0 aliphatic heterocycles. The van der Waals surface area contributed by atoms with Gasteiger partial charge in [0.25, 0.3) is 0 Å². The van der Waals surface area contributed by atoms with Gasteiger partial charge in [0.2, 0.25) is 0 Å². The molecule has 0 aromatic carbocycles. The van der Waals surface area contributed by atoms with Gasteiger partial charge in [-0.1, -0.05) is 0 Å². The summed E-state index contributed by atoms with van der Waals surface area (Å²) < 4.78 is 6.76. The van der Waals surface area contributed by atoms with Gasteiger partial charge in [-0.3, -0.25) is 0 Å². The molecular weight excluding hydrogens is 183 g/mol. The average molecular weight is 192 g/mol. The number of hydrogen-bond donors (Lipinski definition) is 2. The summed E-state index contributed by atoms with van der Waals surface area (Å²) in [6.07, 6.45) is 4.90. The van der Waals surface area contributed by atoms with Gasteiger partial charge in [0, 0.05) is 5.46 Å². The predicted molar refractivity (Wildman–Crippen MR) is 51.6 cm³/mol. The van der Waals surface area contributed by atoms with E-state index in [2.05, 4.69) is 4.98 Å². The molecule has 72 valence electrons. The Balaban J connectivity index is 2.66. The van der Waals surface area contributed by atoms with E-state index in [1.54, 1.807) is 29.2 Å². The van der Waals surface area contributed by atoms with Crippen LogP contribution in [0.25, 0.3) is 5.52 Å². The van der Waals surface area contributed by atoms with E-state index in [4.69, 9.17) is 14.8 Å². The van der Waals surface area contributed by atoms with E-state index >= 15 is 0 Å². The Kier molecular flexibility index (Phi) is 2.15. The summed E-state index contributed by atoms with van der Waals surface area (Å²) in [5, 5.41) is 18.2. The fraction of sp³-hybridized carbons (Fsp3) is 0.125. The van der Waals surface area contributed by atoms with Crippen LogP contribution in [-0.4, -0.2) is 33.7 Å². The summed E-state index contributed by atoms with van der Waals surface area (Å²) >= 11 is 0. The zero-order valence-electron chi connectivity index (χ0n) is 7.58. The van der Waals surface area contributed by atoms with E-state index in [0.29, 0.717) is 11.2 Å². The quantitative estimate of drug-likeness (QED) is 0.600. The Hall–Kier alpha value is -1.53. The second-order valence-corrected chi connectivity index (χ2v) is 2.90. The van der Waals surface area contributed by atoms with Gasteiger partial charge in [0.05, 0.1) is 31.3 Å². The maximum Gasteiger partial charge on any atom is 0.492 e. The van der Waals surface area contributed by atoms with Crippen LogP contribution < -0.4 is 10.2 Å². The third-order valence-corrected chi connectivity index (χ3v) is 2.04. The first-order valence-corrected chi connectivity index (χ1v) is 4.08. The van der Waals surface area contributed by atoms with Crippen LogP contribution in [0.4, 0.5) is 0 Å². The molecule has 5 nitrogen and oxygen atoms in total. The van der Waals surface area contributed by atoms with Gasteiger partial charge in [-0.2, -0.15) is 0 Å². The third kappa shape index (κ3) is 1.34. The zero-order chi connectivity index (χ0) is 10.1. The van der Waals surface area contributed by atoms with Gasteiger partial charge < -0.3 is 19.2 Å². The summed E-state index contributed by atoms with van der Waals surface area (Å²) in [4.78, 5) is 3.92. The lowest BCUT2D eigenvalue weighted by Crippen LogP contribution is -2.31. The molecule has 2 N–H and O–H groups in total. The summed E-state index contributed by atoms with van der Waals surface area (Å²) in [7, 11) is -0.0610. The minimum Gasteiger partial charge on any atom is -0.496 e. The standard InChI is InChI=1S/C8H9BN2O3/c1-14-8-4-11-5-10-3-6(11)2-7(8)9(12)13/h2-5,12-13H,1H3. The molecule has 14 heavy (non-hydrogen) atoms. The summed E-state index contributed by atoms with van der Waals surface area (Å²) in [5.41, 5.74) is 1.12. The predicted octanol–water partition coefficient (Wildman–Crippen LogP) is -0.977. The molecular formula is C8H9BN2O3. The van der Waals surface area contributed by atoms with E-state index < -0.39 is 7.12 Å². The lowest BCUT2D eigenvalue weighted by molar-refractivity contribution is 0.401. The molecule has 2 heterocycles. The second kappa shape index (κ2) is 3.32. The molecule has 0 atom stereocenters. The number of pyridine rings is 1. The van der Waals surface area contributed by atoms with Crippen LogP contribution in [0.15, 0.2) is 24.8 Å². The largest absolute Gasteiger partial charge is 0.496 e. The lowest BCUT2D eigenvalue weighted by Gasteiger charge is -2.08. The van der Waals surface area contributed by atoms with Crippen LogP contribution in [0.2, 0.25) is 0 Å². The Labute approximate surface area is 80.7 Å². The van der Waals surface area contributed by atoms with E-state index in [1.807, 2.05) is 0 Å². The van der Waals surface area contributed by atoms with Crippen LogP contribution in [0.5, 0.6) is 5.75 Å². The number of methoxy groups -OCH3 is 1. The van der Waals surface area contributed by atoms with Gasteiger partial charge in [0.15, 0.2) is 0 Å². The van der Waals surface area contributed by atoms with Gasteiger partial charge in [0.1, 0.15) is 5.75 Å². The molecule has 0 radical (unpaired) electrons. The van der Waals surface area contributed by atoms with Gasteiger partial charge in [-0.25, -0.2) is 4.98 Å². The van der Waals surface area contributed by atoms with Crippen molar-refractivity contribution in [3.63, 3.8) is 0 Å². The number of imidazole rings is 1. The first-order valence-electron chi connectivity index (χ1n) is 4.08. The first kappa shape index (κ1) is 9.05. The highest BCUT2D eigenvalue weighted by atomic mass is 16.5. The highest BCUT2D eigenvalue weighted by molar-refractivity contribution is 6.59. The summed E-state index contributed by atoms with van der Waals surface area (Å²) in [5.74, 6) is 0.422. The monoisotopic (exact) mass is 192 g/mol. The summed E-state index contributed by atoms with van der Waals surface area (Å²) in [6, 6.07) is 1.62. The minimum atomic E-state index is -1.54. The molecule has 2 aromatic heterocycles. The smallest absolute Gasteiger partial charge is 0.492 e. The van der Waals surface area contributed by atoms with Crippen molar-refractivity contribution < 1.29 is 14.8 Å². The van der Waals surface area contributed by atoms with Crippen molar-refractivity contribution in [1.29, 1.82) is 0 Å². The maximum atomic E-state index is 9.08. The van der Waals surface area contributed by atoms with Crippen molar-refractivity contribution in [3.8, 4) is 5.75 Å². The highest BCUT2D eigenvalue weighted by Crippen LogP contribution is 2.10. The van der Waals surface area contributed by atoms with Crippen molar-refractivity contribution in [2.45, 2.75) is 0 Å². The van der Waals surface area contributed by atoms with E-state index in [0.717, 1.165) is 5.52 Å². The Morgan fingerprint density at radius 2 is 2.29 bits per heavy atom. The van der Waals surface area contributed by atoms with Gasteiger partial charge >= 0.3 is 7.12 Å². The fourth-order valence-electron chi connectivity index (χ4n) is 1.34. The summed E-state index contributed by atoms with van der Waals surface area (Å²) in [6.45, 7) is 0. The topological polar surface area (TPSA) is 67.0 Å². The van der Waals surface area contributed by atoms with Crippen LogP contribution in [0.1, 0.15) is 0 Å². The SMILES string of the molecule is COc1cn2cncc2cc1B(O)O. The van der Waals surface area contributed by atoms with E-state index in [-0.39, 0.29) is 0 Å².